The van der Waals surface area contributed by atoms with Gasteiger partial charge in [-0.1, -0.05) is 6.07 Å². The van der Waals surface area contributed by atoms with Crippen molar-refractivity contribution in [2.24, 2.45) is 0 Å². The van der Waals surface area contributed by atoms with Gasteiger partial charge in [0.05, 0.1) is 18.0 Å². The van der Waals surface area contributed by atoms with E-state index in [2.05, 4.69) is 18.7 Å². The molecule has 0 atom stereocenters. The van der Waals surface area contributed by atoms with Gasteiger partial charge in [-0.2, -0.15) is 0 Å². The number of carbonyl (C=O) groups excluding carboxylic acids is 1. The van der Waals surface area contributed by atoms with Crippen molar-refractivity contribution in [2.75, 3.05) is 13.2 Å². The van der Waals surface area contributed by atoms with E-state index in [9.17, 15) is 14.9 Å². The summed E-state index contributed by atoms with van der Waals surface area (Å²) in [6, 6.07) is 5.04. The van der Waals surface area contributed by atoms with Crippen molar-refractivity contribution in [1.82, 2.24) is 4.90 Å². The molecule has 0 radical (unpaired) electrons. The molecule has 0 aromatic heterocycles. The van der Waals surface area contributed by atoms with Crippen LogP contribution < -0.4 is 0 Å². The molecule has 0 bridgehead atoms. The molecule has 6 nitrogen and oxygen atoms in total. The van der Waals surface area contributed by atoms with Crippen molar-refractivity contribution in [3.05, 3.63) is 39.4 Å². The fraction of sp³-hybridized carbons (Fsp3) is 0.562. The third-order valence-corrected chi connectivity index (χ3v) is 4.13. The normalized spacial score (nSPS) is 16.9. The van der Waals surface area contributed by atoms with Gasteiger partial charge in [0.1, 0.15) is 0 Å². The molecule has 0 spiro atoms. The Morgan fingerprint density at radius 3 is 2.77 bits per heavy atom. The topological polar surface area (TPSA) is 72.7 Å². The molecule has 0 unspecified atom stereocenters. The molecule has 0 fully saturated rings. The van der Waals surface area contributed by atoms with Crippen molar-refractivity contribution < 1.29 is 14.5 Å². The van der Waals surface area contributed by atoms with E-state index in [-0.39, 0.29) is 22.1 Å². The molecule has 0 aliphatic carbocycles. The van der Waals surface area contributed by atoms with Crippen LogP contribution in [0, 0.1) is 10.1 Å². The number of carbonyl (C=O) groups is 1. The SMILES string of the molecule is CCOC(=O)CCN1Cc2cc([N+](=O)[O-])ccc2CC1(C)C. The van der Waals surface area contributed by atoms with Gasteiger partial charge in [0.15, 0.2) is 0 Å². The second-order valence-corrected chi connectivity index (χ2v) is 6.18. The summed E-state index contributed by atoms with van der Waals surface area (Å²) in [6.07, 6.45) is 1.14. The van der Waals surface area contributed by atoms with Gasteiger partial charge in [-0.3, -0.25) is 19.8 Å². The Kier molecular flexibility index (Phi) is 4.81. The summed E-state index contributed by atoms with van der Waals surface area (Å²) in [5.41, 5.74) is 2.14. The van der Waals surface area contributed by atoms with Gasteiger partial charge in [-0.25, -0.2) is 0 Å². The number of benzene rings is 1. The average molecular weight is 306 g/mol. The summed E-state index contributed by atoms with van der Waals surface area (Å²) in [5.74, 6) is -0.205. The number of hydrogen-bond donors (Lipinski definition) is 0. The third-order valence-electron chi connectivity index (χ3n) is 4.13. The molecule has 0 N–H and O–H groups in total. The fourth-order valence-corrected chi connectivity index (χ4v) is 2.88. The van der Waals surface area contributed by atoms with E-state index < -0.39 is 0 Å². The van der Waals surface area contributed by atoms with E-state index in [0.717, 1.165) is 17.5 Å². The Bertz CT molecular complexity index is 584. The first-order valence-electron chi connectivity index (χ1n) is 7.50. The molecule has 0 saturated heterocycles. The number of esters is 1. The van der Waals surface area contributed by atoms with Crippen molar-refractivity contribution in [3.8, 4) is 0 Å². The summed E-state index contributed by atoms with van der Waals surface area (Å²) in [4.78, 5) is 24.3. The maximum atomic E-state index is 11.5. The molecule has 1 heterocycles. The first-order chi connectivity index (χ1) is 10.3. The molecule has 0 amide bonds. The van der Waals surface area contributed by atoms with Gasteiger partial charge in [0, 0.05) is 30.8 Å². The van der Waals surface area contributed by atoms with Crippen LogP contribution in [-0.4, -0.2) is 34.5 Å². The number of nitro groups is 1. The van der Waals surface area contributed by atoms with Crippen LogP contribution in [0.2, 0.25) is 0 Å². The second-order valence-electron chi connectivity index (χ2n) is 6.18. The number of ether oxygens (including phenoxy) is 1. The lowest BCUT2D eigenvalue weighted by atomic mass is 9.85. The third kappa shape index (κ3) is 3.62. The van der Waals surface area contributed by atoms with E-state index in [1.54, 1.807) is 19.1 Å². The minimum absolute atomic E-state index is 0.0877. The number of nitro benzene ring substituents is 1. The van der Waals surface area contributed by atoms with Crippen LogP contribution in [0.1, 0.15) is 38.3 Å². The zero-order valence-electron chi connectivity index (χ0n) is 13.3. The minimum Gasteiger partial charge on any atom is -0.466 e. The summed E-state index contributed by atoms with van der Waals surface area (Å²) in [5, 5.41) is 10.9. The Morgan fingerprint density at radius 1 is 1.41 bits per heavy atom. The summed E-state index contributed by atoms with van der Waals surface area (Å²) >= 11 is 0. The molecule has 2 rings (SSSR count). The highest BCUT2D eigenvalue weighted by atomic mass is 16.6. The standard InChI is InChI=1S/C16H22N2O4/c1-4-22-15(19)7-8-17-11-13-9-14(18(20)21)6-5-12(13)10-16(17,2)3/h5-6,9H,4,7-8,10-11H2,1-3H3. The highest BCUT2D eigenvalue weighted by Gasteiger charge is 2.33. The van der Waals surface area contributed by atoms with Gasteiger partial charge in [0.2, 0.25) is 0 Å². The predicted octanol–water partition coefficient (Wildman–Crippen LogP) is 2.68. The quantitative estimate of drug-likeness (QED) is 0.475. The molecule has 6 heteroatoms. The molecule has 1 aromatic rings. The smallest absolute Gasteiger partial charge is 0.307 e. The number of hydrogen-bond acceptors (Lipinski definition) is 5. The lowest BCUT2D eigenvalue weighted by Crippen LogP contribution is -2.49. The van der Waals surface area contributed by atoms with Crippen LogP contribution >= 0.6 is 0 Å². The van der Waals surface area contributed by atoms with Crippen molar-refractivity contribution in [2.45, 2.75) is 45.7 Å². The van der Waals surface area contributed by atoms with Crippen LogP contribution in [0.5, 0.6) is 0 Å². The Balaban J connectivity index is 2.14. The first kappa shape index (κ1) is 16.4. The molecule has 0 saturated carbocycles. The maximum absolute atomic E-state index is 11.5. The predicted molar refractivity (Wildman–Crippen MR) is 82.5 cm³/mol. The zero-order valence-corrected chi connectivity index (χ0v) is 13.3. The molecule has 120 valence electrons. The first-order valence-corrected chi connectivity index (χ1v) is 7.50. The Morgan fingerprint density at radius 2 is 2.14 bits per heavy atom. The van der Waals surface area contributed by atoms with Gasteiger partial charge in [-0.15, -0.1) is 0 Å². The summed E-state index contributed by atoms with van der Waals surface area (Å²) < 4.78 is 4.97. The van der Waals surface area contributed by atoms with Crippen molar-refractivity contribution in [3.63, 3.8) is 0 Å². The summed E-state index contributed by atoms with van der Waals surface area (Å²) in [7, 11) is 0. The fourth-order valence-electron chi connectivity index (χ4n) is 2.88. The number of nitrogens with zero attached hydrogens (tertiary/aromatic N) is 2. The van der Waals surface area contributed by atoms with E-state index in [1.807, 2.05) is 6.07 Å². The van der Waals surface area contributed by atoms with E-state index in [4.69, 9.17) is 4.74 Å². The van der Waals surface area contributed by atoms with Crippen LogP contribution in [0.3, 0.4) is 0 Å². The number of non-ortho nitro benzene ring substituents is 1. The van der Waals surface area contributed by atoms with E-state index in [1.165, 1.54) is 0 Å². The monoisotopic (exact) mass is 306 g/mol. The lowest BCUT2D eigenvalue weighted by Gasteiger charge is -2.43. The van der Waals surface area contributed by atoms with Crippen LogP contribution in [0.15, 0.2) is 18.2 Å². The molecular formula is C16H22N2O4. The average Bonchev–Trinajstić information content (AvgIpc) is 2.44. The van der Waals surface area contributed by atoms with Crippen molar-refractivity contribution in [1.29, 1.82) is 0 Å². The van der Waals surface area contributed by atoms with Gasteiger partial charge in [-0.05, 0) is 38.3 Å². The van der Waals surface area contributed by atoms with Gasteiger partial charge >= 0.3 is 5.97 Å². The highest BCUT2D eigenvalue weighted by Crippen LogP contribution is 2.32. The Hall–Kier alpha value is -1.95. The van der Waals surface area contributed by atoms with Gasteiger partial charge in [0.25, 0.3) is 5.69 Å². The lowest BCUT2D eigenvalue weighted by molar-refractivity contribution is -0.385. The molecule has 1 aliphatic heterocycles. The number of fused-ring (bicyclic) bond motifs is 1. The van der Waals surface area contributed by atoms with Gasteiger partial charge < -0.3 is 4.74 Å². The molecule has 22 heavy (non-hydrogen) atoms. The Labute approximate surface area is 130 Å². The zero-order chi connectivity index (χ0) is 16.3. The minimum atomic E-state index is -0.372. The molecular weight excluding hydrogens is 284 g/mol. The highest BCUT2D eigenvalue weighted by molar-refractivity contribution is 5.69. The molecule has 1 aliphatic rings. The van der Waals surface area contributed by atoms with Crippen molar-refractivity contribution >= 4 is 11.7 Å². The second kappa shape index (κ2) is 6.44. The van der Waals surface area contributed by atoms with Crippen LogP contribution in [-0.2, 0) is 22.5 Å². The largest absolute Gasteiger partial charge is 0.466 e. The van der Waals surface area contributed by atoms with E-state index >= 15 is 0 Å². The maximum Gasteiger partial charge on any atom is 0.307 e. The number of rotatable bonds is 5. The van der Waals surface area contributed by atoms with Crippen LogP contribution in [0.25, 0.3) is 0 Å². The van der Waals surface area contributed by atoms with E-state index in [0.29, 0.717) is 26.1 Å². The molecule has 1 aromatic carbocycles. The van der Waals surface area contributed by atoms with Crippen LogP contribution in [0.4, 0.5) is 5.69 Å². The summed E-state index contributed by atoms with van der Waals surface area (Å²) in [6.45, 7) is 7.64.